The fourth-order valence-electron chi connectivity index (χ4n) is 2.49. The minimum atomic E-state index is -0.113. The van der Waals surface area contributed by atoms with Crippen LogP contribution in [-0.4, -0.2) is 43.3 Å². The number of aromatic amines is 1. The first-order valence-electron chi connectivity index (χ1n) is 6.95. The van der Waals surface area contributed by atoms with E-state index in [1.807, 2.05) is 12.1 Å². The number of anilines is 2. The first-order valence-corrected chi connectivity index (χ1v) is 6.95. The molecule has 0 saturated carbocycles. The van der Waals surface area contributed by atoms with Crippen LogP contribution in [0.3, 0.4) is 0 Å². The molecule has 21 heavy (non-hydrogen) atoms. The van der Waals surface area contributed by atoms with Crippen molar-refractivity contribution >= 4 is 11.6 Å². The number of benzene rings is 1. The molecular weight excluding hydrogens is 268 g/mol. The second-order valence-electron chi connectivity index (χ2n) is 4.93. The summed E-state index contributed by atoms with van der Waals surface area (Å²) in [5.41, 5.74) is 1.07. The molecular formula is C15H18N4O2. The third kappa shape index (κ3) is 2.99. The van der Waals surface area contributed by atoms with Gasteiger partial charge < -0.3 is 14.5 Å². The molecule has 0 atom stereocenters. The lowest BCUT2D eigenvalue weighted by Gasteiger charge is -2.36. The summed E-state index contributed by atoms with van der Waals surface area (Å²) in [5.74, 6) is 1.51. The average molecular weight is 286 g/mol. The summed E-state index contributed by atoms with van der Waals surface area (Å²) in [6.07, 6.45) is 1.55. The second-order valence-corrected chi connectivity index (χ2v) is 4.93. The maximum Gasteiger partial charge on any atom is 0.252 e. The van der Waals surface area contributed by atoms with Crippen LogP contribution in [0.5, 0.6) is 5.75 Å². The molecule has 0 spiro atoms. The highest BCUT2D eigenvalue weighted by Gasteiger charge is 2.18. The standard InChI is InChI=1S/C15H18N4O2/c1-21-13-4-2-12(3-5-13)18-8-10-19(11-9-18)15-16-7-6-14(20)17-15/h2-7H,8-11H2,1H3,(H,16,17,20). The number of H-pyrrole nitrogens is 1. The van der Waals surface area contributed by atoms with Crippen molar-refractivity contribution < 1.29 is 4.74 Å². The lowest BCUT2D eigenvalue weighted by atomic mass is 10.2. The molecule has 110 valence electrons. The zero-order valence-corrected chi connectivity index (χ0v) is 12.0. The minimum absolute atomic E-state index is 0.113. The predicted molar refractivity (Wildman–Crippen MR) is 82.3 cm³/mol. The van der Waals surface area contributed by atoms with Crippen LogP contribution in [0.25, 0.3) is 0 Å². The van der Waals surface area contributed by atoms with Gasteiger partial charge in [0.05, 0.1) is 7.11 Å². The third-order valence-corrected chi connectivity index (χ3v) is 3.67. The number of aromatic nitrogens is 2. The molecule has 2 heterocycles. The number of hydrogen-bond acceptors (Lipinski definition) is 5. The molecule has 1 N–H and O–H groups in total. The molecule has 2 aromatic rings. The molecule has 1 fully saturated rings. The molecule has 1 aromatic heterocycles. The van der Waals surface area contributed by atoms with Gasteiger partial charge in [0.2, 0.25) is 5.95 Å². The Morgan fingerprint density at radius 1 is 1.05 bits per heavy atom. The van der Waals surface area contributed by atoms with Crippen molar-refractivity contribution in [2.24, 2.45) is 0 Å². The van der Waals surface area contributed by atoms with E-state index in [1.54, 1.807) is 13.3 Å². The molecule has 1 aliphatic rings. The van der Waals surface area contributed by atoms with Crippen LogP contribution in [0.15, 0.2) is 41.3 Å². The van der Waals surface area contributed by atoms with E-state index in [1.165, 1.54) is 11.8 Å². The topological polar surface area (TPSA) is 61.5 Å². The number of nitrogens with zero attached hydrogens (tertiary/aromatic N) is 3. The zero-order valence-electron chi connectivity index (χ0n) is 12.0. The highest BCUT2D eigenvalue weighted by atomic mass is 16.5. The summed E-state index contributed by atoms with van der Waals surface area (Å²) in [6, 6.07) is 9.50. The molecule has 0 aliphatic carbocycles. The molecule has 0 amide bonds. The van der Waals surface area contributed by atoms with Gasteiger partial charge >= 0.3 is 0 Å². The van der Waals surface area contributed by atoms with Crippen LogP contribution < -0.4 is 20.1 Å². The summed E-state index contributed by atoms with van der Waals surface area (Å²) in [6.45, 7) is 3.45. The Kier molecular flexibility index (Phi) is 3.77. The number of piperazine rings is 1. The number of ether oxygens (including phenoxy) is 1. The van der Waals surface area contributed by atoms with Gasteiger partial charge in [0.15, 0.2) is 0 Å². The predicted octanol–water partition coefficient (Wildman–Crippen LogP) is 1.11. The molecule has 0 radical (unpaired) electrons. The maximum absolute atomic E-state index is 11.3. The van der Waals surface area contributed by atoms with Crippen LogP contribution in [0.2, 0.25) is 0 Å². The number of hydrogen-bond donors (Lipinski definition) is 1. The lowest BCUT2D eigenvalue weighted by Crippen LogP contribution is -2.47. The van der Waals surface area contributed by atoms with E-state index < -0.39 is 0 Å². The third-order valence-electron chi connectivity index (χ3n) is 3.67. The summed E-state index contributed by atoms with van der Waals surface area (Å²) in [4.78, 5) is 22.7. The highest BCUT2D eigenvalue weighted by molar-refractivity contribution is 5.50. The van der Waals surface area contributed by atoms with E-state index in [0.717, 1.165) is 31.9 Å². The Bertz CT molecular complexity index is 645. The first-order chi connectivity index (χ1) is 10.3. The van der Waals surface area contributed by atoms with Gasteiger partial charge in [-0.15, -0.1) is 0 Å². The van der Waals surface area contributed by atoms with Crippen molar-refractivity contribution in [2.75, 3.05) is 43.1 Å². The van der Waals surface area contributed by atoms with E-state index in [4.69, 9.17) is 4.74 Å². The fraction of sp³-hybridized carbons (Fsp3) is 0.333. The second kappa shape index (κ2) is 5.87. The zero-order chi connectivity index (χ0) is 14.7. The van der Waals surface area contributed by atoms with Crippen LogP contribution in [-0.2, 0) is 0 Å². The summed E-state index contributed by atoms with van der Waals surface area (Å²) < 4.78 is 5.17. The molecule has 1 saturated heterocycles. The Morgan fingerprint density at radius 3 is 2.33 bits per heavy atom. The molecule has 0 bridgehead atoms. The van der Waals surface area contributed by atoms with Crippen molar-refractivity contribution in [1.29, 1.82) is 0 Å². The lowest BCUT2D eigenvalue weighted by molar-refractivity contribution is 0.415. The minimum Gasteiger partial charge on any atom is -0.497 e. The van der Waals surface area contributed by atoms with E-state index in [0.29, 0.717) is 5.95 Å². The van der Waals surface area contributed by atoms with Gasteiger partial charge in [-0.25, -0.2) is 4.98 Å². The van der Waals surface area contributed by atoms with Crippen molar-refractivity contribution in [3.8, 4) is 5.75 Å². The fourth-order valence-corrected chi connectivity index (χ4v) is 2.49. The van der Waals surface area contributed by atoms with Crippen LogP contribution >= 0.6 is 0 Å². The first kappa shape index (κ1) is 13.5. The van der Waals surface area contributed by atoms with E-state index in [2.05, 4.69) is 31.9 Å². The highest BCUT2D eigenvalue weighted by Crippen LogP contribution is 2.21. The molecule has 6 heteroatoms. The van der Waals surface area contributed by atoms with Crippen molar-refractivity contribution in [3.63, 3.8) is 0 Å². The Morgan fingerprint density at radius 2 is 1.71 bits per heavy atom. The Labute approximate surface area is 123 Å². The van der Waals surface area contributed by atoms with Gasteiger partial charge in [-0.05, 0) is 24.3 Å². The monoisotopic (exact) mass is 286 g/mol. The largest absolute Gasteiger partial charge is 0.497 e. The summed E-state index contributed by atoms with van der Waals surface area (Å²) in [7, 11) is 1.67. The van der Waals surface area contributed by atoms with Gasteiger partial charge in [-0.2, -0.15) is 0 Å². The van der Waals surface area contributed by atoms with E-state index >= 15 is 0 Å². The number of rotatable bonds is 3. The van der Waals surface area contributed by atoms with Gasteiger partial charge in [-0.1, -0.05) is 0 Å². The molecule has 1 aliphatic heterocycles. The number of methoxy groups -OCH3 is 1. The van der Waals surface area contributed by atoms with Crippen molar-refractivity contribution in [1.82, 2.24) is 9.97 Å². The maximum atomic E-state index is 11.3. The molecule has 0 unspecified atom stereocenters. The number of nitrogens with one attached hydrogen (secondary N) is 1. The van der Waals surface area contributed by atoms with E-state index in [-0.39, 0.29) is 5.56 Å². The van der Waals surface area contributed by atoms with Crippen LogP contribution in [0.4, 0.5) is 11.6 Å². The van der Waals surface area contributed by atoms with Crippen molar-refractivity contribution in [3.05, 3.63) is 46.9 Å². The average Bonchev–Trinajstić information content (AvgIpc) is 2.55. The van der Waals surface area contributed by atoms with Crippen LogP contribution in [0.1, 0.15) is 0 Å². The quantitative estimate of drug-likeness (QED) is 0.915. The molecule has 6 nitrogen and oxygen atoms in total. The van der Waals surface area contributed by atoms with Gasteiger partial charge in [0, 0.05) is 44.1 Å². The smallest absolute Gasteiger partial charge is 0.252 e. The normalized spacial score (nSPS) is 15.1. The van der Waals surface area contributed by atoms with Gasteiger partial charge in [0.1, 0.15) is 5.75 Å². The van der Waals surface area contributed by atoms with Crippen LogP contribution in [0, 0.1) is 0 Å². The summed E-state index contributed by atoms with van der Waals surface area (Å²) >= 11 is 0. The van der Waals surface area contributed by atoms with E-state index in [9.17, 15) is 4.79 Å². The Hall–Kier alpha value is -2.50. The SMILES string of the molecule is COc1ccc(N2CCN(c3nccc(=O)[nH]3)CC2)cc1. The van der Waals surface area contributed by atoms with Gasteiger partial charge in [-0.3, -0.25) is 9.78 Å². The van der Waals surface area contributed by atoms with Gasteiger partial charge in [0.25, 0.3) is 5.56 Å². The van der Waals surface area contributed by atoms with Crippen molar-refractivity contribution in [2.45, 2.75) is 0 Å². The molecule has 1 aromatic carbocycles. The molecule has 3 rings (SSSR count). The Balaban J connectivity index is 1.65. The summed E-state index contributed by atoms with van der Waals surface area (Å²) in [5, 5.41) is 0.